The van der Waals surface area contributed by atoms with Crippen LogP contribution in [0.4, 0.5) is 5.69 Å². The molecule has 1 aromatic heterocycles. The Morgan fingerprint density at radius 1 is 1.05 bits per heavy atom. The molecule has 3 aromatic rings. The molecule has 11 nitrogen and oxygen atoms in total. The number of carbonyl (C=O) groups excluding carboxylic acids is 4. The largest absolute Gasteiger partial charge is 0.350 e. The Hall–Kier alpha value is -4.54. The summed E-state index contributed by atoms with van der Waals surface area (Å²) in [5.41, 5.74) is 4.96. The molecule has 3 aliphatic heterocycles. The highest BCUT2D eigenvalue weighted by atomic mass is 16.6. The lowest BCUT2D eigenvalue weighted by Gasteiger charge is -2.32. The summed E-state index contributed by atoms with van der Waals surface area (Å²) in [7, 11) is 0. The van der Waals surface area contributed by atoms with E-state index in [1.165, 1.54) is 6.07 Å². The van der Waals surface area contributed by atoms with E-state index in [2.05, 4.69) is 10.3 Å². The fourth-order valence-electron chi connectivity index (χ4n) is 6.31. The first-order chi connectivity index (χ1) is 19.1. The SMILES string of the molecule is Cc1cc2c(C)c(C(=O)N3CCC(c4ccc5c(c4)CN(C4CCC(=O)NC4=O)C5=O)CC3)[nH]c2cc1[N+](=O)[O-]. The summed E-state index contributed by atoms with van der Waals surface area (Å²) in [5, 5.41) is 14.5. The molecule has 11 heteroatoms. The molecular weight excluding hydrogens is 514 g/mol. The minimum Gasteiger partial charge on any atom is -0.350 e. The van der Waals surface area contributed by atoms with Crippen molar-refractivity contribution in [3.05, 3.63) is 74.0 Å². The van der Waals surface area contributed by atoms with Gasteiger partial charge in [0, 0.05) is 48.6 Å². The van der Waals surface area contributed by atoms with Gasteiger partial charge in [0.2, 0.25) is 11.8 Å². The number of aryl methyl sites for hydroxylation is 2. The molecule has 0 aliphatic carbocycles. The van der Waals surface area contributed by atoms with E-state index < -0.39 is 16.9 Å². The van der Waals surface area contributed by atoms with Crippen molar-refractivity contribution in [1.29, 1.82) is 0 Å². The number of nitrogens with zero attached hydrogens (tertiary/aromatic N) is 3. The fourth-order valence-corrected chi connectivity index (χ4v) is 6.31. The predicted molar refractivity (Wildman–Crippen MR) is 145 cm³/mol. The highest BCUT2D eigenvalue weighted by Gasteiger charge is 2.39. The lowest BCUT2D eigenvalue weighted by molar-refractivity contribution is -0.385. The number of nitro benzene ring substituents is 1. The van der Waals surface area contributed by atoms with Crippen LogP contribution in [-0.4, -0.2) is 62.5 Å². The third kappa shape index (κ3) is 4.21. The van der Waals surface area contributed by atoms with Gasteiger partial charge in [0.25, 0.3) is 17.5 Å². The second kappa shape index (κ2) is 9.58. The molecule has 3 aliphatic rings. The average molecular weight is 544 g/mol. The lowest BCUT2D eigenvalue weighted by atomic mass is 9.87. The van der Waals surface area contributed by atoms with Crippen LogP contribution in [0.3, 0.4) is 0 Å². The molecule has 40 heavy (non-hydrogen) atoms. The summed E-state index contributed by atoms with van der Waals surface area (Å²) in [5.74, 6) is -0.815. The molecule has 2 aromatic carbocycles. The van der Waals surface area contributed by atoms with Crippen LogP contribution in [0.15, 0.2) is 30.3 Å². The van der Waals surface area contributed by atoms with Crippen LogP contribution in [0.1, 0.15) is 74.7 Å². The van der Waals surface area contributed by atoms with Gasteiger partial charge in [-0.3, -0.25) is 34.6 Å². The molecule has 4 amide bonds. The third-order valence-electron chi connectivity index (χ3n) is 8.59. The zero-order valence-corrected chi connectivity index (χ0v) is 22.3. The van der Waals surface area contributed by atoms with Crippen LogP contribution in [0, 0.1) is 24.0 Å². The van der Waals surface area contributed by atoms with Crippen molar-refractivity contribution in [2.45, 2.75) is 58.0 Å². The number of likely N-dealkylation sites (tertiary alicyclic amines) is 1. The molecule has 6 rings (SSSR count). The zero-order chi connectivity index (χ0) is 28.3. The number of hydrogen-bond donors (Lipinski definition) is 2. The Kier molecular flexibility index (Phi) is 6.16. The van der Waals surface area contributed by atoms with Crippen molar-refractivity contribution in [2.24, 2.45) is 0 Å². The molecule has 206 valence electrons. The van der Waals surface area contributed by atoms with E-state index in [1.807, 2.05) is 30.0 Å². The number of carbonyl (C=O) groups is 4. The number of fused-ring (bicyclic) bond motifs is 2. The van der Waals surface area contributed by atoms with Gasteiger partial charge in [0.1, 0.15) is 11.7 Å². The molecule has 2 fully saturated rings. The summed E-state index contributed by atoms with van der Waals surface area (Å²) in [6.45, 7) is 5.01. The summed E-state index contributed by atoms with van der Waals surface area (Å²) in [6, 6.07) is 8.43. The zero-order valence-electron chi connectivity index (χ0n) is 22.3. The number of aromatic amines is 1. The maximum atomic E-state index is 13.4. The number of hydrogen-bond acceptors (Lipinski definition) is 6. The van der Waals surface area contributed by atoms with Crippen molar-refractivity contribution in [1.82, 2.24) is 20.1 Å². The standard InChI is InChI=1S/C29H29N5O6/c1-15-11-21-16(2)26(30-22(21)13-24(15)34(39)40)29(38)32-9-7-17(8-10-32)18-3-4-20-19(12-18)14-33(28(20)37)23-5-6-25(35)31-27(23)36/h3-4,11-13,17,23,30H,5-10,14H2,1-2H3,(H,31,35,36). The van der Waals surface area contributed by atoms with Crippen LogP contribution < -0.4 is 5.32 Å². The Bertz CT molecular complexity index is 1620. The van der Waals surface area contributed by atoms with E-state index in [0.717, 1.165) is 34.9 Å². The number of rotatable bonds is 4. The number of imide groups is 1. The van der Waals surface area contributed by atoms with Gasteiger partial charge in [-0.1, -0.05) is 12.1 Å². The summed E-state index contributed by atoms with van der Waals surface area (Å²) in [6.07, 6.45) is 2.07. The van der Waals surface area contributed by atoms with Crippen molar-refractivity contribution < 1.29 is 24.1 Å². The first kappa shape index (κ1) is 25.7. The topological polar surface area (TPSA) is 146 Å². The third-order valence-corrected chi connectivity index (χ3v) is 8.59. The monoisotopic (exact) mass is 543 g/mol. The normalized spacial score (nSPS) is 19.8. The van der Waals surface area contributed by atoms with Gasteiger partial charge in [-0.15, -0.1) is 0 Å². The van der Waals surface area contributed by atoms with Crippen LogP contribution in [0.5, 0.6) is 0 Å². The summed E-state index contributed by atoms with van der Waals surface area (Å²) >= 11 is 0. The number of amides is 4. The van der Waals surface area contributed by atoms with E-state index in [1.54, 1.807) is 17.9 Å². The molecule has 1 atom stereocenters. The average Bonchev–Trinajstić information content (AvgIpc) is 3.43. The molecule has 4 heterocycles. The quantitative estimate of drug-likeness (QED) is 0.293. The highest BCUT2D eigenvalue weighted by molar-refractivity contribution is 6.05. The van der Waals surface area contributed by atoms with E-state index in [0.29, 0.717) is 48.4 Å². The maximum Gasteiger partial charge on any atom is 0.274 e. The number of nitro groups is 1. The first-order valence-electron chi connectivity index (χ1n) is 13.5. The molecule has 0 spiro atoms. The molecular formula is C29H29N5O6. The van der Waals surface area contributed by atoms with Crippen LogP contribution in [0.2, 0.25) is 0 Å². The smallest absolute Gasteiger partial charge is 0.274 e. The number of H-pyrrole nitrogens is 1. The van der Waals surface area contributed by atoms with Gasteiger partial charge in [0.15, 0.2) is 0 Å². The number of aromatic nitrogens is 1. The predicted octanol–water partition coefficient (Wildman–Crippen LogP) is 3.47. The molecule has 2 saturated heterocycles. The molecule has 0 radical (unpaired) electrons. The Morgan fingerprint density at radius 3 is 2.50 bits per heavy atom. The van der Waals surface area contributed by atoms with Crippen LogP contribution in [-0.2, 0) is 16.1 Å². The van der Waals surface area contributed by atoms with Crippen molar-refractivity contribution >= 4 is 40.2 Å². The molecule has 2 N–H and O–H groups in total. The van der Waals surface area contributed by atoms with Crippen molar-refractivity contribution in [3.8, 4) is 0 Å². The second-order valence-electron chi connectivity index (χ2n) is 10.9. The van der Waals surface area contributed by atoms with Crippen molar-refractivity contribution in [3.63, 3.8) is 0 Å². The lowest BCUT2D eigenvalue weighted by Crippen LogP contribution is -2.52. The van der Waals surface area contributed by atoms with Gasteiger partial charge in [-0.2, -0.15) is 0 Å². The number of piperidine rings is 2. The summed E-state index contributed by atoms with van der Waals surface area (Å²) < 4.78 is 0. The van der Waals surface area contributed by atoms with Crippen LogP contribution in [0.25, 0.3) is 10.9 Å². The van der Waals surface area contributed by atoms with E-state index >= 15 is 0 Å². The first-order valence-corrected chi connectivity index (χ1v) is 13.5. The number of benzene rings is 2. The number of nitrogens with one attached hydrogen (secondary N) is 2. The fraction of sp³-hybridized carbons (Fsp3) is 0.379. The Labute approximate surface area is 229 Å². The summed E-state index contributed by atoms with van der Waals surface area (Å²) in [4.78, 5) is 67.7. The Balaban J connectivity index is 1.14. The minimum atomic E-state index is -0.640. The maximum absolute atomic E-state index is 13.4. The Morgan fingerprint density at radius 2 is 1.80 bits per heavy atom. The van der Waals surface area contributed by atoms with Gasteiger partial charge in [-0.05, 0) is 67.9 Å². The van der Waals surface area contributed by atoms with Gasteiger partial charge in [0.05, 0.1) is 10.4 Å². The highest BCUT2D eigenvalue weighted by Crippen LogP contribution is 2.35. The molecule has 0 bridgehead atoms. The minimum absolute atomic E-state index is 0.0184. The molecule has 1 unspecified atom stereocenters. The molecule has 0 saturated carbocycles. The van der Waals surface area contributed by atoms with Crippen LogP contribution >= 0.6 is 0 Å². The van der Waals surface area contributed by atoms with Gasteiger partial charge < -0.3 is 14.8 Å². The van der Waals surface area contributed by atoms with E-state index in [-0.39, 0.29) is 35.7 Å². The second-order valence-corrected chi connectivity index (χ2v) is 10.9. The van der Waals surface area contributed by atoms with Gasteiger partial charge >= 0.3 is 0 Å². The van der Waals surface area contributed by atoms with Crippen molar-refractivity contribution in [2.75, 3.05) is 13.1 Å². The van der Waals surface area contributed by atoms with E-state index in [9.17, 15) is 29.3 Å². The van der Waals surface area contributed by atoms with E-state index in [4.69, 9.17) is 0 Å². The van der Waals surface area contributed by atoms with Gasteiger partial charge in [-0.25, -0.2) is 0 Å².